The molecular formula is C14H19N5O3. The Morgan fingerprint density at radius 2 is 2.14 bits per heavy atom. The van der Waals surface area contributed by atoms with Gasteiger partial charge in [0.2, 0.25) is 5.91 Å². The molecule has 0 aliphatic rings. The van der Waals surface area contributed by atoms with E-state index in [1.165, 1.54) is 17.1 Å². The number of carbonyl (C=O) groups excluding carboxylic acids is 1. The summed E-state index contributed by atoms with van der Waals surface area (Å²) in [6.07, 6.45) is 2.54. The van der Waals surface area contributed by atoms with Gasteiger partial charge in [-0.05, 0) is 26.8 Å². The minimum absolute atomic E-state index is 0.0191. The first kappa shape index (κ1) is 15.7. The van der Waals surface area contributed by atoms with Crippen LogP contribution in [-0.2, 0) is 17.9 Å². The van der Waals surface area contributed by atoms with Crippen molar-refractivity contribution in [1.29, 1.82) is 0 Å². The summed E-state index contributed by atoms with van der Waals surface area (Å²) in [6.45, 7) is 6.33. The van der Waals surface area contributed by atoms with Crippen LogP contribution in [0.5, 0.6) is 0 Å². The third-order valence-electron chi connectivity index (χ3n) is 3.14. The van der Waals surface area contributed by atoms with Crippen LogP contribution in [0.25, 0.3) is 0 Å². The summed E-state index contributed by atoms with van der Waals surface area (Å²) in [5.74, 6) is -1.29. The maximum absolute atomic E-state index is 11.9. The Morgan fingerprint density at radius 1 is 1.41 bits per heavy atom. The zero-order valence-electron chi connectivity index (χ0n) is 12.8. The van der Waals surface area contributed by atoms with Crippen LogP contribution < -0.4 is 5.32 Å². The molecule has 0 fully saturated rings. The normalized spacial score (nSPS) is 12.1. The molecule has 1 amide bonds. The maximum atomic E-state index is 11.9. The van der Waals surface area contributed by atoms with E-state index in [0.717, 1.165) is 11.4 Å². The fraction of sp³-hybridized carbons (Fsp3) is 0.429. The minimum atomic E-state index is -1.07. The summed E-state index contributed by atoms with van der Waals surface area (Å²) in [5, 5.41) is 19.8. The van der Waals surface area contributed by atoms with E-state index < -0.39 is 5.97 Å². The molecule has 0 spiro atoms. The molecule has 2 N–H and O–H groups in total. The van der Waals surface area contributed by atoms with Gasteiger partial charge in [-0.2, -0.15) is 10.2 Å². The standard InChI is InChI=1S/C14H19N5O3/c1-9-4-11(3)19(17-9)6-10(2)16-13(20)8-18-7-12(5-15-18)14(21)22/h4-5,7,10H,6,8H2,1-3H3,(H,16,20)(H,21,22). The molecule has 2 aromatic rings. The molecular weight excluding hydrogens is 286 g/mol. The van der Waals surface area contributed by atoms with Crippen molar-refractivity contribution in [1.82, 2.24) is 24.9 Å². The van der Waals surface area contributed by atoms with Crippen LogP contribution in [0, 0.1) is 13.8 Å². The Labute approximate surface area is 127 Å². The van der Waals surface area contributed by atoms with E-state index >= 15 is 0 Å². The molecule has 0 radical (unpaired) electrons. The van der Waals surface area contributed by atoms with Gasteiger partial charge in [0.25, 0.3) is 0 Å². The molecule has 118 valence electrons. The van der Waals surface area contributed by atoms with Gasteiger partial charge < -0.3 is 10.4 Å². The third kappa shape index (κ3) is 3.94. The lowest BCUT2D eigenvalue weighted by atomic mass is 10.3. The highest BCUT2D eigenvalue weighted by molar-refractivity contribution is 5.87. The van der Waals surface area contributed by atoms with E-state index in [0.29, 0.717) is 6.54 Å². The molecule has 0 aromatic carbocycles. The van der Waals surface area contributed by atoms with Crippen molar-refractivity contribution in [3.8, 4) is 0 Å². The van der Waals surface area contributed by atoms with Crippen LogP contribution in [0.3, 0.4) is 0 Å². The molecule has 22 heavy (non-hydrogen) atoms. The van der Waals surface area contributed by atoms with Crippen LogP contribution in [0.1, 0.15) is 28.7 Å². The number of aryl methyl sites for hydroxylation is 2. The SMILES string of the molecule is Cc1cc(C)n(CC(C)NC(=O)Cn2cc(C(=O)O)cn2)n1. The third-order valence-corrected chi connectivity index (χ3v) is 3.14. The van der Waals surface area contributed by atoms with Gasteiger partial charge in [-0.15, -0.1) is 0 Å². The largest absolute Gasteiger partial charge is 0.478 e. The van der Waals surface area contributed by atoms with Crippen LogP contribution in [0.4, 0.5) is 0 Å². The van der Waals surface area contributed by atoms with Crippen molar-refractivity contribution in [2.24, 2.45) is 0 Å². The van der Waals surface area contributed by atoms with Gasteiger partial charge in [-0.3, -0.25) is 14.2 Å². The summed E-state index contributed by atoms with van der Waals surface area (Å²) in [5.41, 5.74) is 2.04. The molecule has 0 aliphatic carbocycles. The number of hydrogen-bond donors (Lipinski definition) is 2. The number of hydrogen-bond acceptors (Lipinski definition) is 4. The van der Waals surface area contributed by atoms with Crippen molar-refractivity contribution in [2.75, 3.05) is 0 Å². The topological polar surface area (TPSA) is 102 Å². The van der Waals surface area contributed by atoms with Crippen LogP contribution in [0.15, 0.2) is 18.5 Å². The van der Waals surface area contributed by atoms with Crippen molar-refractivity contribution >= 4 is 11.9 Å². The number of aromatic nitrogens is 4. The number of aromatic carboxylic acids is 1. The number of carboxylic acid groups (broad SMARTS) is 1. The first-order chi connectivity index (χ1) is 10.3. The fourth-order valence-electron chi connectivity index (χ4n) is 2.19. The summed E-state index contributed by atoms with van der Waals surface area (Å²) in [6, 6.07) is 1.88. The predicted octanol–water partition coefficient (Wildman–Crippen LogP) is 0.600. The molecule has 0 saturated carbocycles. The maximum Gasteiger partial charge on any atom is 0.338 e. The monoisotopic (exact) mass is 305 g/mol. The van der Waals surface area contributed by atoms with Gasteiger partial charge in [0.1, 0.15) is 6.54 Å². The summed E-state index contributed by atoms with van der Waals surface area (Å²) in [4.78, 5) is 22.7. The van der Waals surface area contributed by atoms with Gasteiger partial charge in [0.05, 0.1) is 24.0 Å². The van der Waals surface area contributed by atoms with Gasteiger partial charge in [0.15, 0.2) is 0 Å². The van der Waals surface area contributed by atoms with Crippen LogP contribution in [0.2, 0.25) is 0 Å². The molecule has 8 heteroatoms. The lowest BCUT2D eigenvalue weighted by Crippen LogP contribution is -2.38. The minimum Gasteiger partial charge on any atom is -0.478 e. The zero-order chi connectivity index (χ0) is 16.3. The Hall–Kier alpha value is -2.64. The summed E-state index contributed by atoms with van der Waals surface area (Å²) >= 11 is 0. The van der Waals surface area contributed by atoms with E-state index in [4.69, 9.17) is 5.11 Å². The van der Waals surface area contributed by atoms with Crippen molar-refractivity contribution < 1.29 is 14.7 Å². The average molecular weight is 305 g/mol. The molecule has 2 rings (SSSR count). The predicted molar refractivity (Wildman–Crippen MR) is 78.5 cm³/mol. The van der Waals surface area contributed by atoms with Crippen LogP contribution in [-0.4, -0.2) is 42.6 Å². The number of amides is 1. The van der Waals surface area contributed by atoms with E-state index in [2.05, 4.69) is 15.5 Å². The molecule has 1 unspecified atom stereocenters. The number of nitrogens with zero attached hydrogens (tertiary/aromatic N) is 4. The number of carbonyl (C=O) groups is 2. The number of carboxylic acids is 1. The molecule has 0 bridgehead atoms. The first-order valence-corrected chi connectivity index (χ1v) is 6.91. The quantitative estimate of drug-likeness (QED) is 0.813. The van der Waals surface area contributed by atoms with Gasteiger partial charge in [-0.1, -0.05) is 0 Å². The molecule has 1 atom stereocenters. The Balaban J connectivity index is 1.88. The molecule has 8 nitrogen and oxygen atoms in total. The average Bonchev–Trinajstić information content (AvgIpc) is 2.96. The van der Waals surface area contributed by atoms with Gasteiger partial charge in [-0.25, -0.2) is 4.79 Å². The lowest BCUT2D eigenvalue weighted by molar-refractivity contribution is -0.122. The zero-order valence-corrected chi connectivity index (χ0v) is 12.8. The summed E-state index contributed by atoms with van der Waals surface area (Å²) < 4.78 is 3.14. The second kappa shape index (κ2) is 6.42. The molecule has 0 aliphatic heterocycles. The first-order valence-electron chi connectivity index (χ1n) is 6.91. The van der Waals surface area contributed by atoms with E-state index in [1.807, 2.05) is 31.5 Å². The Morgan fingerprint density at radius 3 is 2.68 bits per heavy atom. The molecule has 0 saturated heterocycles. The van der Waals surface area contributed by atoms with Crippen molar-refractivity contribution in [3.05, 3.63) is 35.4 Å². The number of nitrogens with one attached hydrogen (secondary N) is 1. The molecule has 2 aromatic heterocycles. The lowest BCUT2D eigenvalue weighted by Gasteiger charge is -2.15. The van der Waals surface area contributed by atoms with E-state index in [9.17, 15) is 9.59 Å². The Kier molecular flexibility index (Phi) is 4.59. The highest BCUT2D eigenvalue weighted by atomic mass is 16.4. The van der Waals surface area contributed by atoms with Gasteiger partial charge in [0, 0.05) is 17.9 Å². The highest BCUT2D eigenvalue weighted by Gasteiger charge is 2.12. The second-order valence-electron chi connectivity index (χ2n) is 5.31. The fourth-order valence-corrected chi connectivity index (χ4v) is 2.19. The number of rotatable bonds is 6. The van der Waals surface area contributed by atoms with Crippen LogP contribution >= 0.6 is 0 Å². The van der Waals surface area contributed by atoms with Gasteiger partial charge >= 0.3 is 5.97 Å². The van der Waals surface area contributed by atoms with Crippen molar-refractivity contribution in [3.63, 3.8) is 0 Å². The smallest absolute Gasteiger partial charge is 0.338 e. The van der Waals surface area contributed by atoms with E-state index in [1.54, 1.807) is 0 Å². The second-order valence-corrected chi connectivity index (χ2v) is 5.31. The highest BCUT2D eigenvalue weighted by Crippen LogP contribution is 2.03. The molecule has 2 heterocycles. The van der Waals surface area contributed by atoms with Crippen molar-refractivity contribution in [2.45, 2.75) is 39.9 Å². The van der Waals surface area contributed by atoms with E-state index in [-0.39, 0.29) is 24.1 Å². The summed E-state index contributed by atoms with van der Waals surface area (Å²) in [7, 11) is 0. The Bertz CT molecular complexity index is 688.